The molecule has 0 atom stereocenters. The molecule has 1 saturated carbocycles. The predicted molar refractivity (Wildman–Crippen MR) is 71.4 cm³/mol. The standard InChI is InChI=1S/2C6H6.C4H8/c2*1-2-4-6-5-3-1;1-2-4-3-1/h2*1-6H;1-4H2. The third-order valence-corrected chi connectivity index (χ3v) is 2.33. The van der Waals surface area contributed by atoms with Crippen LogP contribution < -0.4 is 0 Å². The summed E-state index contributed by atoms with van der Waals surface area (Å²) < 4.78 is 0. The molecular formula is C16H20. The minimum atomic E-state index is 1.50. The summed E-state index contributed by atoms with van der Waals surface area (Å²) in [6.07, 6.45) is 6.00. The highest BCUT2D eigenvalue weighted by molar-refractivity contribution is 4.99. The van der Waals surface area contributed by atoms with Crippen molar-refractivity contribution in [2.75, 3.05) is 0 Å². The van der Waals surface area contributed by atoms with E-state index in [-0.39, 0.29) is 0 Å². The first-order chi connectivity index (χ1) is 8.00. The molecule has 1 fully saturated rings. The smallest absolute Gasteiger partial charge is 0.0533 e. The second-order valence-electron chi connectivity index (χ2n) is 3.72. The van der Waals surface area contributed by atoms with E-state index in [1.54, 1.807) is 0 Å². The molecule has 0 aliphatic heterocycles. The van der Waals surface area contributed by atoms with E-state index in [4.69, 9.17) is 0 Å². The van der Waals surface area contributed by atoms with E-state index in [9.17, 15) is 0 Å². The summed E-state index contributed by atoms with van der Waals surface area (Å²) in [5.74, 6) is 0. The molecule has 0 saturated heterocycles. The van der Waals surface area contributed by atoms with E-state index in [2.05, 4.69) is 0 Å². The zero-order valence-corrected chi connectivity index (χ0v) is 9.76. The maximum absolute atomic E-state index is 2.00. The zero-order valence-electron chi connectivity index (χ0n) is 9.76. The molecule has 1 aliphatic carbocycles. The Bertz CT molecular complexity index is 219. The maximum Gasteiger partial charge on any atom is -0.0533 e. The molecule has 0 radical (unpaired) electrons. The van der Waals surface area contributed by atoms with Gasteiger partial charge in [0.1, 0.15) is 0 Å². The van der Waals surface area contributed by atoms with Gasteiger partial charge in [-0.2, -0.15) is 0 Å². The third kappa shape index (κ3) is 7.81. The first-order valence-corrected chi connectivity index (χ1v) is 6.00. The van der Waals surface area contributed by atoms with E-state index in [1.165, 1.54) is 25.7 Å². The SMILES string of the molecule is C1CCC1.c1ccccc1.c1ccccc1. The average molecular weight is 212 g/mol. The summed E-state index contributed by atoms with van der Waals surface area (Å²) in [7, 11) is 0. The lowest BCUT2D eigenvalue weighted by atomic mass is 10.0. The van der Waals surface area contributed by atoms with Gasteiger partial charge in [-0.3, -0.25) is 0 Å². The first-order valence-electron chi connectivity index (χ1n) is 6.00. The molecule has 2 aromatic carbocycles. The molecule has 1 aliphatic rings. The topological polar surface area (TPSA) is 0 Å². The highest BCUT2D eigenvalue weighted by Crippen LogP contribution is 2.15. The summed E-state index contributed by atoms with van der Waals surface area (Å²) >= 11 is 0. The molecule has 0 bridgehead atoms. The van der Waals surface area contributed by atoms with E-state index < -0.39 is 0 Å². The van der Waals surface area contributed by atoms with Crippen molar-refractivity contribution in [2.45, 2.75) is 25.7 Å². The van der Waals surface area contributed by atoms with Gasteiger partial charge in [-0.15, -0.1) is 0 Å². The van der Waals surface area contributed by atoms with Gasteiger partial charge in [-0.1, -0.05) is 98.5 Å². The fraction of sp³-hybridized carbons (Fsp3) is 0.250. The number of rotatable bonds is 0. The van der Waals surface area contributed by atoms with E-state index in [0.717, 1.165) is 0 Å². The van der Waals surface area contributed by atoms with Crippen molar-refractivity contribution in [3.05, 3.63) is 72.8 Å². The molecule has 3 rings (SSSR count). The number of hydrogen-bond acceptors (Lipinski definition) is 0. The number of benzene rings is 2. The summed E-state index contributed by atoms with van der Waals surface area (Å²) in [6.45, 7) is 0. The summed E-state index contributed by atoms with van der Waals surface area (Å²) in [6, 6.07) is 24.0. The number of hydrogen-bond donors (Lipinski definition) is 0. The van der Waals surface area contributed by atoms with Crippen LogP contribution >= 0.6 is 0 Å². The van der Waals surface area contributed by atoms with Gasteiger partial charge in [0, 0.05) is 0 Å². The van der Waals surface area contributed by atoms with Crippen LogP contribution in [0.4, 0.5) is 0 Å². The Morgan fingerprint density at radius 2 is 0.375 bits per heavy atom. The Morgan fingerprint density at radius 1 is 0.250 bits per heavy atom. The van der Waals surface area contributed by atoms with Gasteiger partial charge < -0.3 is 0 Å². The van der Waals surface area contributed by atoms with Crippen LogP contribution in [-0.2, 0) is 0 Å². The Labute approximate surface area is 99.0 Å². The van der Waals surface area contributed by atoms with Crippen LogP contribution in [0.2, 0.25) is 0 Å². The molecule has 2 aromatic rings. The molecule has 0 spiro atoms. The summed E-state index contributed by atoms with van der Waals surface area (Å²) in [4.78, 5) is 0. The molecule has 0 heteroatoms. The lowest BCUT2D eigenvalue weighted by molar-refractivity contribution is 0.504. The molecule has 0 nitrogen and oxygen atoms in total. The molecule has 0 unspecified atom stereocenters. The Morgan fingerprint density at radius 3 is 0.438 bits per heavy atom. The van der Waals surface area contributed by atoms with Gasteiger partial charge in [0.2, 0.25) is 0 Å². The van der Waals surface area contributed by atoms with Crippen LogP contribution in [0, 0.1) is 0 Å². The summed E-state index contributed by atoms with van der Waals surface area (Å²) in [5.41, 5.74) is 0. The van der Waals surface area contributed by atoms with Crippen molar-refractivity contribution in [2.24, 2.45) is 0 Å². The van der Waals surface area contributed by atoms with Crippen molar-refractivity contribution in [1.29, 1.82) is 0 Å². The minimum absolute atomic E-state index is 1.50. The Hall–Kier alpha value is -1.56. The fourth-order valence-corrected chi connectivity index (χ4v) is 1.02. The van der Waals surface area contributed by atoms with E-state index in [1.807, 2.05) is 72.8 Å². The third-order valence-electron chi connectivity index (χ3n) is 2.33. The molecule has 0 aromatic heterocycles. The fourth-order valence-electron chi connectivity index (χ4n) is 1.02. The molecular weight excluding hydrogens is 192 g/mol. The monoisotopic (exact) mass is 212 g/mol. The average Bonchev–Trinajstić information content (AvgIpc) is 2.32. The molecule has 0 heterocycles. The second kappa shape index (κ2) is 9.97. The highest BCUT2D eigenvalue weighted by atomic mass is 14.0. The zero-order chi connectivity index (χ0) is 11.3. The first kappa shape index (κ1) is 12.5. The minimum Gasteiger partial charge on any atom is -0.0623 e. The lowest BCUT2D eigenvalue weighted by Crippen LogP contribution is -1.85. The van der Waals surface area contributed by atoms with Crippen LogP contribution in [-0.4, -0.2) is 0 Å². The van der Waals surface area contributed by atoms with Gasteiger partial charge in [0.05, 0.1) is 0 Å². The van der Waals surface area contributed by atoms with Crippen LogP contribution in [0.25, 0.3) is 0 Å². The van der Waals surface area contributed by atoms with Gasteiger partial charge >= 0.3 is 0 Å². The van der Waals surface area contributed by atoms with Crippen LogP contribution in [0.5, 0.6) is 0 Å². The van der Waals surface area contributed by atoms with Gasteiger partial charge in [0.15, 0.2) is 0 Å². The molecule has 0 N–H and O–H groups in total. The quantitative estimate of drug-likeness (QED) is 0.580. The van der Waals surface area contributed by atoms with Crippen molar-refractivity contribution in [3.8, 4) is 0 Å². The van der Waals surface area contributed by atoms with Crippen molar-refractivity contribution < 1.29 is 0 Å². The normalized spacial score (nSPS) is 12.0. The lowest BCUT2D eigenvalue weighted by Gasteiger charge is -2.05. The Kier molecular flexibility index (Phi) is 7.80. The Balaban J connectivity index is 0.000000123. The maximum atomic E-state index is 2.00. The van der Waals surface area contributed by atoms with Crippen molar-refractivity contribution in [1.82, 2.24) is 0 Å². The predicted octanol–water partition coefficient (Wildman–Crippen LogP) is 4.93. The van der Waals surface area contributed by atoms with Gasteiger partial charge in [0.25, 0.3) is 0 Å². The molecule has 16 heavy (non-hydrogen) atoms. The van der Waals surface area contributed by atoms with Crippen LogP contribution in [0.3, 0.4) is 0 Å². The van der Waals surface area contributed by atoms with Crippen LogP contribution in [0.15, 0.2) is 72.8 Å². The van der Waals surface area contributed by atoms with Crippen LogP contribution in [0.1, 0.15) is 25.7 Å². The highest BCUT2D eigenvalue weighted by Gasteiger charge is 1.95. The van der Waals surface area contributed by atoms with Gasteiger partial charge in [-0.05, 0) is 0 Å². The van der Waals surface area contributed by atoms with E-state index in [0.29, 0.717) is 0 Å². The molecule has 84 valence electrons. The second-order valence-corrected chi connectivity index (χ2v) is 3.72. The summed E-state index contributed by atoms with van der Waals surface area (Å²) in [5, 5.41) is 0. The molecule has 0 amide bonds. The van der Waals surface area contributed by atoms with Crippen molar-refractivity contribution >= 4 is 0 Å². The largest absolute Gasteiger partial charge is 0.0623 e. The van der Waals surface area contributed by atoms with Crippen molar-refractivity contribution in [3.63, 3.8) is 0 Å². The van der Waals surface area contributed by atoms with E-state index >= 15 is 0 Å². The van der Waals surface area contributed by atoms with Gasteiger partial charge in [-0.25, -0.2) is 0 Å².